The lowest BCUT2D eigenvalue weighted by Gasteiger charge is -2.02. The van der Waals surface area contributed by atoms with E-state index in [4.69, 9.17) is 28.2 Å². The summed E-state index contributed by atoms with van der Waals surface area (Å²) in [6.07, 6.45) is 1.68. The van der Waals surface area contributed by atoms with Gasteiger partial charge in [0, 0.05) is 16.7 Å². The van der Waals surface area contributed by atoms with Gasteiger partial charge in [0.1, 0.15) is 15.8 Å². The molecule has 1 saturated heterocycles. The summed E-state index contributed by atoms with van der Waals surface area (Å²) in [5.41, 5.74) is 2.01. The zero-order valence-corrected chi connectivity index (χ0v) is 13.4. The van der Waals surface area contributed by atoms with Crippen LogP contribution >= 0.6 is 35.6 Å². The molecule has 1 fully saturated rings. The highest BCUT2D eigenvalue weighted by molar-refractivity contribution is 8.26. The highest BCUT2D eigenvalue weighted by Gasteiger charge is 2.22. The molecule has 1 aromatic heterocycles. The fraction of sp³-hybridized carbons (Fsp3) is 0.0667. The molecule has 3 rings (SSSR count). The Balaban J connectivity index is 1.94. The second kappa shape index (κ2) is 5.67. The van der Waals surface area contributed by atoms with Crippen molar-refractivity contribution in [1.29, 1.82) is 0 Å². The van der Waals surface area contributed by atoms with Gasteiger partial charge in [-0.15, -0.1) is 0 Å². The fourth-order valence-electron chi connectivity index (χ4n) is 1.99. The molecule has 1 aliphatic rings. The van der Waals surface area contributed by atoms with Crippen molar-refractivity contribution < 1.29 is 9.21 Å². The normalized spacial score (nSPS) is 16.6. The van der Waals surface area contributed by atoms with Crippen LogP contribution in [0.25, 0.3) is 17.4 Å². The zero-order valence-electron chi connectivity index (χ0n) is 11.0. The van der Waals surface area contributed by atoms with Crippen LogP contribution in [0.2, 0.25) is 5.02 Å². The van der Waals surface area contributed by atoms with Crippen LogP contribution in [0.15, 0.2) is 39.7 Å². The highest BCUT2D eigenvalue weighted by Crippen LogP contribution is 2.31. The van der Waals surface area contributed by atoms with E-state index in [0.717, 1.165) is 11.1 Å². The summed E-state index contributed by atoms with van der Waals surface area (Å²) in [5.74, 6) is 1.13. The van der Waals surface area contributed by atoms with E-state index in [0.29, 0.717) is 25.8 Å². The van der Waals surface area contributed by atoms with E-state index < -0.39 is 0 Å². The van der Waals surface area contributed by atoms with Crippen molar-refractivity contribution in [2.24, 2.45) is 0 Å². The molecule has 0 unspecified atom stereocenters. The number of hydrogen-bond acceptors (Lipinski definition) is 4. The van der Waals surface area contributed by atoms with Gasteiger partial charge in [0.25, 0.3) is 5.91 Å². The minimum atomic E-state index is -0.193. The quantitative estimate of drug-likeness (QED) is 0.652. The van der Waals surface area contributed by atoms with E-state index in [-0.39, 0.29) is 5.91 Å². The van der Waals surface area contributed by atoms with E-state index in [9.17, 15) is 4.79 Å². The number of nitrogens with one attached hydrogen (secondary N) is 1. The second-order valence-corrected chi connectivity index (χ2v) is 6.67. The van der Waals surface area contributed by atoms with Gasteiger partial charge < -0.3 is 9.73 Å². The van der Waals surface area contributed by atoms with Crippen LogP contribution in [0.1, 0.15) is 11.3 Å². The molecule has 106 valence electrons. The van der Waals surface area contributed by atoms with E-state index in [1.54, 1.807) is 6.08 Å². The minimum Gasteiger partial charge on any atom is -0.457 e. The molecule has 0 radical (unpaired) electrons. The molecule has 2 heterocycles. The summed E-state index contributed by atoms with van der Waals surface area (Å²) in [6.45, 7) is 1.99. The maximum Gasteiger partial charge on any atom is 0.263 e. The maximum atomic E-state index is 11.6. The van der Waals surface area contributed by atoms with Gasteiger partial charge in [-0.25, -0.2) is 0 Å². The lowest BCUT2D eigenvalue weighted by Crippen LogP contribution is -2.17. The van der Waals surface area contributed by atoms with Gasteiger partial charge in [0.05, 0.1) is 4.91 Å². The molecular formula is C15H10ClNO2S2. The summed E-state index contributed by atoms with van der Waals surface area (Å²) in [5, 5.41) is 3.23. The first-order valence-corrected chi connectivity index (χ1v) is 7.74. The van der Waals surface area contributed by atoms with Crippen LogP contribution in [0.5, 0.6) is 0 Å². The van der Waals surface area contributed by atoms with Crippen LogP contribution < -0.4 is 5.32 Å². The van der Waals surface area contributed by atoms with E-state index >= 15 is 0 Å². The molecule has 0 aliphatic carbocycles. The Labute approximate surface area is 136 Å². The van der Waals surface area contributed by atoms with Gasteiger partial charge >= 0.3 is 0 Å². The number of carbonyl (C=O) groups excluding carboxylic acids is 1. The van der Waals surface area contributed by atoms with Crippen molar-refractivity contribution in [3.05, 3.63) is 51.6 Å². The molecule has 1 aliphatic heterocycles. The number of halogens is 1. The molecule has 2 aromatic rings. The first-order valence-electron chi connectivity index (χ1n) is 6.14. The standard InChI is InChI=1S/C15H10ClNO2S2/c1-8-2-3-9(16)6-11(8)12-5-4-10(19-12)7-13-14(18)17-15(20)21-13/h2-7H,1H3,(H,17,18,20)/b13-7+. The van der Waals surface area contributed by atoms with Crippen molar-refractivity contribution in [3.8, 4) is 11.3 Å². The molecule has 1 N–H and O–H groups in total. The Morgan fingerprint density at radius 3 is 2.86 bits per heavy atom. The molecule has 0 bridgehead atoms. The molecule has 6 heteroatoms. The summed E-state index contributed by atoms with van der Waals surface area (Å²) < 4.78 is 6.24. The molecule has 1 amide bonds. The predicted octanol–water partition coefficient (Wildman–Crippen LogP) is 4.40. The Morgan fingerprint density at radius 1 is 1.33 bits per heavy atom. The van der Waals surface area contributed by atoms with E-state index in [2.05, 4.69) is 5.32 Å². The number of carbonyl (C=O) groups is 1. The van der Waals surface area contributed by atoms with Crippen LogP contribution in [-0.2, 0) is 4.79 Å². The minimum absolute atomic E-state index is 0.193. The summed E-state index contributed by atoms with van der Waals surface area (Å²) >= 11 is 12.2. The monoisotopic (exact) mass is 335 g/mol. The van der Waals surface area contributed by atoms with Crippen LogP contribution in [-0.4, -0.2) is 10.2 Å². The Morgan fingerprint density at radius 2 is 2.14 bits per heavy atom. The number of furan rings is 1. The van der Waals surface area contributed by atoms with Crippen molar-refractivity contribution in [3.63, 3.8) is 0 Å². The predicted molar refractivity (Wildman–Crippen MR) is 90.2 cm³/mol. The third-order valence-electron chi connectivity index (χ3n) is 3.01. The molecule has 0 spiro atoms. The topological polar surface area (TPSA) is 42.2 Å². The van der Waals surface area contributed by atoms with E-state index in [1.807, 2.05) is 37.3 Å². The largest absolute Gasteiger partial charge is 0.457 e. The van der Waals surface area contributed by atoms with Crippen molar-refractivity contribution in [2.45, 2.75) is 6.92 Å². The average Bonchev–Trinajstić information content (AvgIpc) is 3.00. The first-order chi connectivity index (χ1) is 10.0. The lowest BCUT2D eigenvalue weighted by atomic mass is 10.1. The Bertz CT molecular complexity index is 780. The van der Waals surface area contributed by atoms with Gasteiger partial charge in [-0.05, 0) is 36.8 Å². The fourth-order valence-corrected chi connectivity index (χ4v) is 3.18. The van der Waals surface area contributed by atoms with Gasteiger partial charge in [0.15, 0.2) is 0 Å². The molecule has 3 nitrogen and oxygen atoms in total. The summed E-state index contributed by atoms with van der Waals surface area (Å²) in [4.78, 5) is 12.1. The molecule has 21 heavy (non-hydrogen) atoms. The van der Waals surface area contributed by atoms with Crippen LogP contribution in [0.3, 0.4) is 0 Å². The third kappa shape index (κ3) is 3.05. The SMILES string of the molecule is Cc1ccc(Cl)cc1-c1ccc(/C=C2/SC(=S)NC2=O)o1. The van der Waals surface area contributed by atoms with Gasteiger partial charge in [-0.3, -0.25) is 4.79 Å². The Hall–Kier alpha value is -1.56. The van der Waals surface area contributed by atoms with Crippen molar-refractivity contribution >= 4 is 51.9 Å². The maximum absolute atomic E-state index is 11.6. The number of thioether (sulfide) groups is 1. The van der Waals surface area contributed by atoms with Crippen LogP contribution in [0.4, 0.5) is 0 Å². The number of amides is 1. The summed E-state index contributed by atoms with van der Waals surface area (Å²) in [6, 6.07) is 9.32. The van der Waals surface area contributed by atoms with Crippen molar-refractivity contribution in [2.75, 3.05) is 0 Å². The summed E-state index contributed by atoms with van der Waals surface area (Å²) in [7, 11) is 0. The van der Waals surface area contributed by atoms with Gasteiger partial charge in [0.2, 0.25) is 0 Å². The number of aryl methyl sites for hydroxylation is 1. The Kier molecular flexibility index (Phi) is 3.89. The first kappa shape index (κ1) is 14.4. The molecular weight excluding hydrogens is 326 g/mol. The smallest absolute Gasteiger partial charge is 0.263 e. The van der Waals surface area contributed by atoms with Crippen LogP contribution in [0, 0.1) is 6.92 Å². The second-order valence-electron chi connectivity index (χ2n) is 4.51. The van der Waals surface area contributed by atoms with Gasteiger partial charge in [-0.1, -0.05) is 41.6 Å². The zero-order chi connectivity index (χ0) is 15.0. The molecule has 0 atom stereocenters. The molecule has 0 saturated carbocycles. The molecule has 1 aromatic carbocycles. The van der Waals surface area contributed by atoms with Crippen molar-refractivity contribution in [1.82, 2.24) is 5.32 Å². The number of thiocarbonyl (C=S) groups is 1. The number of benzene rings is 1. The van der Waals surface area contributed by atoms with Gasteiger partial charge in [-0.2, -0.15) is 0 Å². The highest BCUT2D eigenvalue weighted by atomic mass is 35.5. The van der Waals surface area contributed by atoms with E-state index in [1.165, 1.54) is 11.8 Å². The average molecular weight is 336 g/mol. The number of rotatable bonds is 2. The third-order valence-corrected chi connectivity index (χ3v) is 4.41. The number of hydrogen-bond donors (Lipinski definition) is 1. The lowest BCUT2D eigenvalue weighted by molar-refractivity contribution is -0.115.